The topological polar surface area (TPSA) is 87.8 Å². The fraction of sp³-hybridized carbons (Fsp3) is 0.360. The van der Waals surface area contributed by atoms with Crippen LogP contribution in [0.5, 0.6) is 0 Å². The molecule has 1 N–H and O–H groups in total. The summed E-state index contributed by atoms with van der Waals surface area (Å²) in [4.78, 5) is 31.2. The molecule has 0 saturated heterocycles. The summed E-state index contributed by atoms with van der Waals surface area (Å²) in [5.74, 6) is -0.330. The van der Waals surface area contributed by atoms with E-state index in [0.29, 0.717) is 16.1 Å². The molecule has 0 radical (unpaired) electrons. The van der Waals surface area contributed by atoms with Gasteiger partial charge in [0.05, 0.1) is 27.9 Å². The number of fused-ring (bicyclic) bond motifs is 1. The van der Waals surface area contributed by atoms with Crippen molar-refractivity contribution in [3.63, 3.8) is 0 Å². The number of nitrogens with one attached hydrogen (secondary N) is 1. The highest BCUT2D eigenvalue weighted by molar-refractivity contribution is 8.00. The van der Waals surface area contributed by atoms with Crippen LogP contribution in [0.4, 0.5) is 0 Å². The number of benzene rings is 2. The molecular weight excluding hydrogens is 420 g/mol. The molecule has 0 aliphatic heterocycles. The summed E-state index contributed by atoms with van der Waals surface area (Å²) in [7, 11) is 0. The summed E-state index contributed by atoms with van der Waals surface area (Å²) in [6, 6.07) is 15.2. The van der Waals surface area contributed by atoms with Gasteiger partial charge in [0.15, 0.2) is 5.16 Å². The van der Waals surface area contributed by atoms with Crippen LogP contribution >= 0.6 is 11.8 Å². The van der Waals surface area contributed by atoms with Crippen molar-refractivity contribution in [3.8, 4) is 11.8 Å². The molecule has 32 heavy (non-hydrogen) atoms. The van der Waals surface area contributed by atoms with Crippen molar-refractivity contribution in [3.05, 3.63) is 63.9 Å². The van der Waals surface area contributed by atoms with Crippen molar-refractivity contribution in [2.75, 3.05) is 0 Å². The first-order valence-electron chi connectivity index (χ1n) is 10.6. The summed E-state index contributed by atoms with van der Waals surface area (Å²) < 4.78 is 1.59. The van der Waals surface area contributed by atoms with Crippen LogP contribution in [0.1, 0.15) is 38.8 Å². The van der Waals surface area contributed by atoms with E-state index in [1.165, 1.54) is 11.8 Å². The Bertz CT molecular complexity index is 1280. The van der Waals surface area contributed by atoms with Gasteiger partial charge < -0.3 is 5.32 Å². The summed E-state index contributed by atoms with van der Waals surface area (Å²) in [6.45, 7) is 11.2. The number of nitrogens with zero attached hydrogens (tertiary/aromatic N) is 3. The predicted molar refractivity (Wildman–Crippen MR) is 129 cm³/mol. The smallest absolute Gasteiger partial charge is 0.266 e. The first kappa shape index (κ1) is 23.6. The minimum atomic E-state index is -0.977. The summed E-state index contributed by atoms with van der Waals surface area (Å²) in [6.07, 6.45) is 0. The van der Waals surface area contributed by atoms with Crippen LogP contribution < -0.4 is 10.9 Å². The van der Waals surface area contributed by atoms with Gasteiger partial charge in [0.1, 0.15) is 5.54 Å². The Balaban J connectivity index is 2.10. The van der Waals surface area contributed by atoms with Crippen molar-refractivity contribution in [2.45, 2.75) is 57.5 Å². The molecule has 2 atom stereocenters. The molecule has 0 aliphatic carbocycles. The van der Waals surface area contributed by atoms with Crippen molar-refractivity contribution in [1.29, 1.82) is 5.26 Å². The Hall–Kier alpha value is -3.11. The van der Waals surface area contributed by atoms with Gasteiger partial charge in [-0.25, -0.2) is 4.98 Å². The molecule has 3 aromatic rings. The molecule has 3 rings (SSSR count). The maximum atomic E-state index is 13.5. The molecule has 166 valence electrons. The summed E-state index contributed by atoms with van der Waals surface area (Å²) >= 11 is 1.21. The van der Waals surface area contributed by atoms with E-state index in [4.69, 9.17) is 4.98 Å². The van der Waals surface area contributed by atoms with Crippen molar-refractivity contribution >= 4 is 28.6 Å². The third-order valence-corrected chi connectivity index (χ3v) is 7.04. The second-order valence-electron chi connectivity index (χ2n) is 8.49. The Labute approximate surface area is 192 Å². The highest BCUT2D eigenvalue weighted by atomic mass is 32.2. The average Bonchev–Trinajstić information content (AvgIpc) is 2.76. The predicted octanol–water partition coefficient (Wildman–Crippen LogP) is 4.54. The van der Waals surface area contributed by atoms with E-state index in [9.17, 15) is 14.9 Å². The Morgan fingerprint density at radius 1 is 1.16 bits per heavy atom. The zero-order valence-electron chi connectivity index (χ0n) is 19.3. The number of amides is 1. The molecule has 7 heteroatoms. The van der Waals surface area contributed by atoms with E-state index < -0.39 is 10.8 Å². The van der Waals surface area contributed by atoms with Gasteiger partial charge in [-0.1, -0.05) is 49.9 Å². The van der Waals surface area contributed by atoms with Gasteiger partial charge in [0.2, 0.25) is 5.91 Å². The maximum Gasteiger partial charge on any atom is 0.266 e. The molecule has 1 heterocycles. The monoisotopic (exact) mass is 448 g/mol. The molecule has 0 spiro atoms. The fourth-order valence-electron chi connectivity index (χ4n) is 3.25. The van der Waals surface area contributed by atoms with Crippen LogP contribution in [-0.4, -0.2) is 26.2 Å². The van der Waals surface area contributed by atoms with Gasteiger partial charge >= 0.3 is 0 Å². The van der Waals surface area contributed by atoms with Crippen molar-refractivity contribution < 1.29 is 4.79 Å². The molecule has 6 nitrogen and oxygen atoms in total. The molecule has 0 bridgehead atoms. The molecule has 0 saturated carbocycles. The van der Waals surface area contributed by atoms with Crippen LogP contribution in [0.3, 0.4) is 0 Å². The number of hydrogen-bond donors (Lipinski definition) is 1. The number of para-hydroxylation sites is 1. The Morgan fingerprint density at radius 2 is 1.84 bits per heavy atom. The van der Waals surface area contributed by atoms with Crippen molar-refractivity contribution in [1.82, 2.24) is 14.9 Å². The highest BCUT2D eigenvalue weighted by Crippen LogP contribution is 2.28. The van der Waals surface area contributed by atoms with Crippen molar-refractivity contribution in [2.24, 2.45) is 5.92 Å². The second-order valence-corrected chi connectivity index (χ2v) is 9.80. The van der Waals surface area contributed by atoms with Gasteiger partial charge in [-0.15, -0.1) is 0 Å². The third kappa shape index (κ3) is 4.42. The van der Waals surface area contributed by atoms with Gasteiger partial charge in [-0.3, -0.25) is 14.2 Å². The first-order chi connectivity index (χ1) is 15.1. The van der Waals surface area contributed by atoms with E-state index in [0.717, 1.165) is 16.8 Å². The number of aryl methyl sites for hydroxylation is 1. The van der Waals surface area contributed by atoms with E-state index in [1.807, 2.05) is 58.0 Å². The molecule has 0 fully saturated rings. The summed E-state index contributed by atoms with van der Waals surface area (Å²) in [5.41, 5.74) is 2.21. The SMILES string of the molecule is Cc1cccc(-n2c(S[C@H](C)C(=O)N[C@](C)(C#N)C(C)C)nc3ccccc3c2=O)c1C. The molecule has 0 unspecified atom stereocenters. The highest BCUT2D eigenvalue weighted by Gasteiger charge is 2.32. The van der Waals surface area contributed by atoms with E-state index in [2.05, 4.69) is 11.4 Å². The fourth-order valence-corrected chi connectivity index (χ4v) is 4.17. The molecule has 2 aromatic carbocycles. The number of hydrogen-bond acceptors (Lipinski definition) is 5. The number of thioether (sulfide) groups is 1. The van der Waals surface area contributed by atoms with Crippen LogP contribution in [0.25, 0.3) is 16.6 Å². The largest absolute Gasteiger partial charge is 0.337 e. The number of carbonyl (C=O) groups excluding carboxylic acids is 1. The zero-order valence-corrected chi connectivity index (χ0v) is 20.1. The van der Waals surface area contributed by atoms with Gasteiger partial charge in [-0.05, 0) is 62.9 Å². The quantitative estimate of drug-likeness (QED) is 0.442. The van der Waals surface area contributed by atoms with E-state index >= 15 is 0 Å². The first-order valence-corrected chi connectivity index (χ1v) is 11.5. The average molecular weight is 449 g/mol. The number of rotatable bonds is 6. The lowest BCUT2D eigenvalue weighted by Crippen LogP contribution is -2.51. The molecule has 0 aliphatic rings. The Kier molecular flexibility index (Phi) is 6.75. The lowest BCUT2D eigenvalue weighted by molar-refractivity contribution is -0.121. The number of carbonyl (C=O) groups is 1. The van der Waals surface area contributed by atoms with E-state index in [-0.39, 0.29) is 17.4 Å². The summed E-state index contributed by atoms with van der Waals surface area (Å²) in [5, 5.41) is 12.8. The number of nitriles is 1. The lowest BCUT2D eigenvalue weighted by atomic mass is 9.90. The van der Waals surface area contributed by atoms with Gasteiger partial charge in [0.25, 0.3) is 5.56 Å². The third-order valence-electron chi connectivity index (χ3n) is 5.98. The van der Waals surface area contributed by atoms with Gasteiger partial charge in [0, 0.05) is 0 Å². The number of aromatic nitrogens is 2. The molecule has 1 amide bonds. The van der Waals surface area contributed by atoms with Crippen LogP contribution in [0.15, 0.2) is 52.4 Å². The second kappa shape index (κ2) is 9.17. The zero-order chi connectivity index (χ0) is 23.6. The van der Waals surface area contributed by atoms with Crippen LogP contribution in [0.2, 0.25) is 0 Å². The Morgan fingerprint density at radius 3 is 2.50 bits per heavy atom. The molecule has 1 aromatic heterocycles. The van der Waals surface area contributed by atoms with Crippen LogP contribution in [-0.2, 0) is 4.79 Å². The minimum absolute atomic E-state index is 0.0550. The molecular formula is C25H28N4O2S. The normalized spacial score (nSPS) is 14.1. The van der Waals surface area contributed by atoms with E-state index in [1.54, 1.807) is 30.5 Å². The standard InChI is InChI=1S/C25H28N4O2S/c1-15(2)25(6,14-26)28-22(30)18(5)32-24-27-20-12-8-7-11-19(20)23(31)29(24)21-13-9-10-16(3)17(21)4/h7-13,15,18H,1-6H3,(H,28,30)/t18-,25-/m1/s1. The van der Waals surface area contributed by atoms with Gasteiger partial charge in [-0.2, -0.15) is 5.26 Å². The minimum Gasteiger partial charge on any atom is -0.337 e. The maximum absolute atomic E-state index is 13.5. The lowest BCUT2D eigenvalue weighted by Gasteiger charge is -2.28. The van der Waals surface area contributed by atoms with Crippen LogP contribution in [0, 0.1) is 31.1 Å².